The zero-order valence-corrected chi connectivity index (χ0v) is 17.8. The fourth-order valence-corrected chi connectivity index (χ4v) is 3.66. The molecule has 30 heavy (non-hydrogen) atoms. The average Bonchev–Trinajstić information content (AvgIpc) is 2.77. The maximum atomic E-state index is 12.9. The van der Waals surface area contributed by atoms with E-state index >= 15 is 0 Å². The minimum atomic E-state index is -0.561. The number of carbonyl (C=O) groups excluding carboxylic acids is 2. The van der Waals surface area contributed by atoms with Crippen LogP contribution < -0.4 is 5.56 Å². The molecule has 2 heterocycles. The van der Waals surface area contributed by atoms with Gasteiger partial charge < -0.3 is 9.64 Å². The van der Waals surface area contributed by atoms with E-state index in [1.165, 1.54) is 23.9 Å². The number of hydrogen-bond acceptors (Lipinski definition) is 6. The minimum absolute atomic E-state index is 0.220. The molecule has 9 heteroatoms. The van der Waals surface area contributed by atoms with Crippen LogP contribution >= 0.6 is 11.6 Å². The zero-order chi connectivity index (χ0) is 21.7. The second kappa shape index (κ2) is 9.86. The van der Waals surface area contributed by atoms with Gasteiger partial charge in [0.2, 0.25) is 0 Å². The van der Waals surface area contributed by atoms with Crippen LogP contribution in [0.2, 0.25) is 5.02 Å². The molecule has 1 aliphatic heterocycles. The number of ether oxygens (including phenoxy) is 1. The first-order chi connectivity index (χ1) is 14.4. The molecule has 8 nitrogen and oxygen atoms in total. The third kappa shape index (κ3) is 4.88. The Morgan fingerprint density at radius 3 is 2.37 bits per heavy atom. The minimum Gasteiger partial charge on any atom is -0.468 e. The van der Waals surface area contributed by atoms with Crippen LogP contribution in [0.1, 0.15) is 35.4 Å². The van der Waals surface area contributed by atoms with E-state index in [9.17, 15) is 14.4 Å². The fourth-order valence-electron chi connectivity index (χ4n) is 3.53. The van der Waals surface area contributed by atoms with Crippen LogP contribution in [-0.4, -0.2) is 64.7 Å². The summed E-state index contributed by atoms with van der Waals surface area (Å²) in [6.07, 6.45) is 0.753. The Morgan fingerprint density at radius 1 is 1.10 bits per heavy atom. The first-order valence-electron chi connectivity index (χ1n) is 9.89. The molecule has 1 saturated heterocycles. The Kier molecular flexibility index (Phi) is 7.23. The van der Waals surface area contributed by atoms with Crippen LogP contribution in [0.25, 0.3) is 0 Å². The van der Waals surface area contributed by atoms with Gasteiger partial charge in [-0.05, 0) is 30.2 Å². The van der Waals surface area contributed by atoms with E-state index in [1.807, 2.05) is 24.0 Å². The molecule has 0 N–H and O–H groups in total. The highest BCUT2D eigenvalue weighted by Crippen LogP contribution is 2.25. The third-order valence-electron chi connectivity index (χ3n) is 5.10. The molecule has 1 fully saturated rings. The van der Waals surface area contributed by atoms with Crippen molar-refractivity contribution in [2.75, 3.05) is 33.3 Å². The van der Waals surface area contributed by atoms with Gasteiger partial charge in [0.25, 0.3) is 11.5 Å². The predicted molar refractivity (Wildman–Crippen MR) is 112 cm³/mol. The fraction of sp³-hybridized carbons (Fsp3) is 0.429. The molecule has 0 radical (unpaired) electrons. The lowest BCUT2D eigenvalue weighted by atomic mass is 10.0. The van der Waals surface area contributed by atoms with Crippen molar-refractivity contribution in [3.8, 4) is 0 Å². The second-order valence-corrected chi connectivity index (χ2v) is 7.52. The van der Waals surface area contributed by atoms with E-state index in [0.717, 1.165) is 12.0 Å². The van der Waals surface area contributed by atoms with Crippen LogP contribution in [0, 0.1) is 0 Å². The van der Waals surface area contributed by atoms with Gasteiger partial charge in [0.1, 0.15) is 11.7 Å². The van der Waals surface area contributed by atoms with Gasteiger partial charge in [-0.25, -0.2) is 9.48 Å². The van der Waals surface area contributed by atoms with Crippen LogP contribution in [-0.2, 0) is 16.1 Å². The topological polar surface area (TPSA) is 84.7 Å². The average molecular weight is 433 g/mol. The Bertz CT molecular complexity index is 952. The van der Waals surface area contributed by atoms with Crippen molar-refractivity contribution >= 4 is 23.5 Å². The molecular formula is C21H25ClN4O4. The molecule has 1 aromatic carbocycles. The standard InChI is InChI=1S/C21H25ClN4O4/c1-3-10-26-18(27)9-8-17(23-26)20(28)25-13-11-24(12-14-25)19(21(29)30-2)15-4-6-16(22)7-5-15/h4-9,19H,3,10-14H2,1-2H3. The Balaban J connectivity index is 1.71. The number of hydrogen-bond donors (Lipinski definition) is 0. The lowest BCUT2D eigenvalue weighted by Crippen LogP contribution is -2.51. The van der Waals surface area contributed by atoms with E-state index in [1.54, 1.807) is 17.0 Å². The molecule has 1 atom stereocenters. The van der Waals surface area contributed by atoms with Crippen LogP contribution in [0.3, 0.4) is 0 Å². The largest absolute Gasteiger partial charge is 0.468 e. The molecule has 2 aromatic rings. The first kappa shape index (κ1) is 22.0. The lowest BCUT2D eigenvalue weighted by molar-refractivity contribution is -0.148. The lowest BCUT2D eigenvalue weighted by Gasteiger charge is -2.38. The predicted octanol–water partition coefficient (Wildman–Crippen LogP) is 1.98. The van der Waals surface area contributed by atoms with Crippen molar-refractivity contribution < 1.29 is 14.3 Å². The van der Waals surface area contributed by atoms with Crippen molar-refractivity contribution in [2.24, 2.45) is 0 Å². The summed E-state index contributed by atoms with van der Waals surface area (Å²) < 4.78 is 6.32. The molecule has 0 aliphatic carbocycles. The molecule has 1 aliphatic rings. The molecule has 3 rings (SSSR count). The highest BCUT2D eigenvalue weighted by atomic mass is 35.5. The van der Waals surface area contributed by atoms with E-state index in [-0.39, 0.29) is 23.1 Å². The van der Waals surface area contributed by atoms with Crippen LogP contribution in [0.15, 0.2) is 41.2 Å². The second-order valence-electron chi connectivity index (χ2n) is 7.09. The molecule has 1 unspecified atom stereocenters. The number of halogens is 1. The van der Waals surface area contributed by atoms with Crippen molar-refractivity contribution in [3.63, 3.8) is 0 Å². The molecular weight excluding hydrogens is 408 g/mol. The summed E-state index contributed by atoms with van der Waals surface area (Å²) in [7, 11) is 1.36. The number of piperazine rings is 1. The van der Waals surface area contributed by atoms with E-state index < -0.39 is 6.04 Å². The van der Waals surface area contributed by atoms with Gasteiger partial charge in [-0.3, -0.25) is 14.5 Å². The van der Waals surface area contributed by atoms with Crippen LogP contribution in [0.5, 0.6) is 0 Å². The highest BCUT2D eigenvalue weighted by Gasteiger charge is 2.33. The zero-order valence-electron chi connectivity index (χ0n) is 17.1. The molecule has 1 amide bonds. The van der Waals surface area contributed by atoms with Gasteiger partial charge in [-0.15, -0.1) is 0 Å². The number of esters is 1. The normalized spacial score (nSPS) is 15.6. The van der Waals surface area contributed by atoms with Crippen LogP contribution in [0.4, 0.5) is 0 Å². The van der Waals surface area contributed by atoms with Crippen molar-refractivity contribution in [1.82, 2.24) is 19.6 Å². The van der Waals surface area contributed by atoms with E-state index in [4.69, 9.17) is 16.3 Å². The van der Waals surface area contributed by atoms with Gasteiger partial charge in [0, 0.05) is 43.8 Å². The Morgan fingerprint density at radius 2 is 1.77 bits per heavy atom. The van der Waals surface area contributed by atoms with E-state index in [0.29, 0.717) is 37.7 Å². The van der Waals surface area contributed by atoms with E-state index in [2.05, 4.69) is 5.10 Å². The molecule has 1 aromatic heterocycles. The smallest absolute Gasteiger partial charge is 0.327 e. The summed E-state index contributed by atoms with van der Waals surface area (Å²) in [5, 5.41) is 4.79. The number of aryl methyl sites for hydroxylation is 1. The van der Waals surface area contributed by atoms with Gasteiger partial charge >= 0.3 is 5.97 Å². The van der Waals surface area contributed by atoms with Crippen molar-refractivity contribution in [2.45, 2.75) is 25.9 Å². The maximum absolute atomic E-state index is 12.9. The SMILES string of the molecule is CCCn1nc(C(=O)N2CCN(C(C(=O)OC)c3ccc(Cl)cc3)CC2)ccc1=O. The Labute approximate surface area is 180 Å². The summed E-state index contributed by atoms with van der Waals surface area (Å²) in [6, 6.07) is 9.38. The maximum Gasteiger partial charge on any atom is 0.327 e. The van der Waals surface area contributed by atoms with Gasteiger partial charge in [-0.1, -0.05) is 30.7 Å². The summed E-state index contributed by atoms with van der Waals surface area (Å²) >= 11 is 5.97. The number of aromatic nitrogens is 2. The summed E-state index contributed by atoms with van der Waals surface area (Å²) in [6.45, 7) is 4.30. The molecule has 0 bridgehead atoms. The summed E-state index contributed by atoms with van der Waals surface area (Å²) in [5.41, 5.74) is 0.820. The molecule has 0 saturated carbocycles. The number of amides is 1. The third-order valence-corrected chi connectivity index (χ3v) is 5.35. The number of rotatable bonds is 6. The summed E-state index contributed by atoms with van der Waals surface area (Å²) in [4.78, 5) is 40.8. The number of nitrogens with zero attached hydrogens (tertiary/aromatic N) is 4. The van der Waals surface area contributed by atoms with Crippen molar-refractivity contribution in [3.05, 3.63) is 63.0 Å². The quantitative estimate of drug-likeness (QED) is 0.649. The van der Waals surface area contributed by atoms with Gasteiger partial charge in [-0.2, -0.15) is 5.10 Å². The van der Waals surface area contributed by atoms with Gasteiger partial charge in [0.05, 0.1) is 7.11 Å². The number of benzene rings is 1. The summed E-state index contributed by atoms with van der Waals surface area (Å²) in [5.74, 6) is -0.578. The molecule has 0 spiro atoms. The van der Waals surface area contributed by atoms with Gasteiger partial charge in [0.15, 0.2) is 0 Å². The highest BCUT2D eigenvalue weighted by molar-refractivity contribution is 6.30. The van der Waals surface area contributed by atoms with Crippen molar-refractivity contribution in [1.29, 1.82) is 0 Å². The number of carbonyl (C=O) groups is 2. The monoisotopic (exact) mass is 432 g/mol. The molecule has 160 valence electrons. The Hall–Kier alpha value is -2.71. The first-order valence-corrected chi connectivity index (χ1v) is 10.3. The number of methoxy groups -OCH3 is 1.